The first kappa shape index (κ1) is 39.6. The Morgan fingerprint density at radius 3 is 1.57 bits per heavy atom. The van der Waals surface area contributed by atoms with Crippen molar-refractivity contribution in [1.29, 1.82) is 0 Å². The molecule has 60 heavy (non-hydrogen) atoms. The molecule has 8 rings (SSSR count). The van der Waals surface area contributed by atoms with Crippen molar-refractivity contribution in [3.05, 3.63) is 160 Å². The van der Waals surface area contributed by atoms with Gasteiger partial charge in [-0.2, -0.15) is 0 Å². The molecule has 8 bridgehead atoms. The number of ketones is 1. The molecule has 0 saturated heterocycles. The number of fused-ring (bicyclic) bond motifs is 8. The number of aromatic nitrogens is 4. The van der Waals surface area contributed by atoms with Crippen molar-refractivity contribution < 1.29 is 29.7 Å². The minimum absolute atomic E-state index is 0.0262. The fourth-order valence-electron chi connectivity index (χ4n) is 7.65. The monoisotopic (exact) mass is 803 g/mol. The lowest BCUT2D eigenvalue weighted by Gasteiger charge is -2.25. The number of amides is 2. The van der Waals surface area contributed by atoms with Gasteiger partial charge in [0.1, 0.15) is 23.3 Å². The number of nitrogens with one attached hydrogen (secondary N) is 4. The molecule has 304 valence electrons. The van der Waals surface area contributed by atoms with E-state index in [0.29, 0.717) is 46.3 Å². The Hall–Kier alpha value is -7.25. The molecule has 0 spiro atoms. The second-order valence-electron chi connectivity index (χ2n) is 15.4. The first-order valence-electron chi connectivity index (χ1n) is 19.9. The van der Waals surface area contributed by atoms with E-state index in [2.05, 4.69) is 26.7 Å². The lowest BCUT2D eigenvalue weighted by atomic mass is 9.94. The molecule has 9 N–H and O–H groups in total. The van der Waals surface area contributed by atoms with Crippen LogP contribution in [0.2, 0.25) is 0 Å². The SMILES string of the molecule is N[C@@H](Cc1ccc(O)cc1)C(=O)N[C@@H](Cc1ccc(O)cc1)C(=O)N[C@@H](Cc1ccc(O)cc1)C(=O)c1c2nc(cc3ccc(cc4nc(cc5ccc1[nH]5)CC4)[nH]3)CC2. The first-order chi connectivity index (χ1) is 29.0. The number of Topliss-reactive ketones (excluding diaryl/α,β-unsaturated/α-hetero) is 1. The van der Waals surface area contributed by atoms with E-state index >= 15 is 4.79 Å². The quantitative estimate of drug-likeness (QED) is 0.0761. The number of aromatic amines is 2. The molecule has 0 unspecified atom stereocenters. The van der Waals surface area contributed by atoms with E-state index in [-0.39, 0.29) is 36.5 Å². The molecule has 13 nitrogen and oxygen atoms in total. The van der Waals surface area contributed by atoms with Crippen molar-refractivity contribution in [2.24, 2.45) is 5.73 Å². The van der Waals surface area contributed by atoms with Gasteiger partial charge >= 0.3 is 0 Å². The van der Waals surface area contributed by atoms with Crippen molar-refractivity contribution in [2.45, 2.75) is 63.1 Å². The predicted molar refractivity (Wildman–Crippen MR) is 227 cm³/mol. The van der Waals surface area contributed by atoms with Gasteiger partial charge in [0.2, 0.25) is 11.8 Å². The molecule has 0 saturated carbocycles. The van der Waals surface area contributed by atoms with Crippen LogP contribution in [-0.4, -0.2) is 71.0 Å². The Balaban J connectivity index is 1.18. The minimum atomic E-state index is -1.17. The normalized spacial score (nSPS) is 13.9. The summed E-state index contributed by atoms with van der Waals surface area (Å²) in [6.07, 6.45) is 2.87. The summed E-state index contributed by atoms with van der Waals surface area (Å²) in [6.45, 7) is 0. The molecule has 2 aliphatic heterocycles. The summed E-state index contributed by atoms with van der Waals surface area (Å²) in [6, 6.07) is 29.4. The Morgan fingerprint density at radius 2 is 1.00 bits per heavy atom. The van der Waals surface area contributed by atoms with Crippen LogP contribution in [0.5, 0.6) is 17.2 Å². The number of phenolic OH excluding ortho intramolecular Hbond substituents is 3. The van der Waals surface area contributed by atoms with E-state index in [9.17, 15) is 24.9 Å². The van der Waals surface area contributed by atoms with Gasteiger partial charge in [-0.3, -0.25) is 24.4 Å². The third kappa shape index (κ3) is 9.54. The van der Waals surface area contributed by atoms with Crippen molar-refractivity contribution in [3.63, 3.8) is 0 Å². The number of nitrogens with two attached hydrogens (primary N) is 1. The number of H-pyrrole nitrogens is 2. The number of hydrogen-bond donors (Lipinski definition) is 8. The summed E-state index contributed by atoms with van der Waals surface area (Å²) in [4.78, 5) is 60.1. The summed E-state index contributed by atoms with van der Waals surface area (Å²) in [5.41, 5.74) is 15.1. The van der Waals surface area contributed by atoms with Crippen LogP contribution in [0.25, 0.3) is 22.1 Å². The maximum absolute atomic E-state index is 15.2. The number of benzene rings is 3. The average Bonchev–Trinajstić information content (AvgIpc) is 4.07. The summed E-state index contributed by atoms with van der Waals surface area (Å²) < 4.78 is 0. The lowest BCUT2D eigenvalue weighted by molar-refractivity contribution is -0.129. The van der Waals surface area contributed by atoms with Crippen LogP contribution in [0.3, 0.4) is 0 Å². The summed E-state index contributed by atoms with van der Waals surface area (Å²) >= 11 is 0. The van der Waals surface area contributed by atoms with Gasteiger partial charge in [-0.15, -0.1) is 0 Å². The molecule has 6 aromatic rings. The summed E-state index contributed by atoms with van der Waals surface area (Å²) in [7, 11) is 0. The largest absolute Gasteiger partial charge is 0.508 e. The number of aromatic hydroxyl groups is 3. The Bertz CT molecular complexity index is 2710. The zero-order valence-electron chi connectivity index (χ0n) is 32.7. The number of carbonyl (C=O) groups is 3. The number of rotatable bonds is 12. The lowest BCUT2D eigenvalue weighted by Crippen LogP contribution is -2.56. The topological polar surface area (TPSA) is 219 Å². The van der Waals surface area contributed by atoms with Crippen LogP contribution in [0.1, 0.15) is 49.8 Å². The van der Waals surface area contributed by atoms with E-state index < -0.39 is 35.7 Å². The van der Waals surface area contributed by atoms with E-state index in [1.54, 1.807) is 36.4 Å². The van der Waals surface area contributed by atoms with Crippen LogP contribution in [0.4, 0.5) is 0 Å². The van der Waals surface area contributed by atoms with Gasteiger partial charge in [0, 0.05) is 46.5 Å². The molecule has 3 aromatic carbocycles. The molecule has 13 heteroatoms. The van der Waals surface area contributed by atoms with Crippen LogP contribution in [-0.2, 0) is 54.5 Å². The molecular weight excluding hydrogens is 759 g/mol. The molecule has 0 fully saturated rings. The van der Waals surface area contributed by atoms with Crippen molar-refractivity contribution in [2.75, 3.05) is 0 Å². The molecule has 0 aliphatic carbocycles. The van der Waals surface area contributed by atoms with E-state index in [1.165, 1.54) is 36.4 Å². The van der Waals surface area contributed by atoms with Gasteiger partial charge in [-0.25, -0.2) is 0 Å². The number of hydrogen-bond acceptors (Lipinski definition) is 9. The molecule has 3 atom stereocenters. The van der Waals surface area contributed by atoms with Crippen LogP contribution < -0.4 is 16.4 Å². The van der Waals surface area contributed by atoms with Crippen molar-refractivity contribution >= 4 is 39.7 Å². The third-order valence-corrected chi connectivity index (χ3v) is 10.8. The zero-order chi connectivity index (χ0) is 41.8. The van der Waals surface area contributed by atoms with Crippen LogP contribution >= 0.6 is 0 Å². The standard InChI is InChI=1S/C47H45N7O6/c48-39(21-27-1-13-36(55)14-2-27)46(59)54-43(23-29-5-17-38(57)18-6-29)47(60)53-42(22-28-3-15-37(56)16-4-28)45(58)44-40-19-11-34(51-40)25-32-9-7-30(49-32)24-31-8-10-33(50-31)26-35-12-20-41(44)52-35/h1-7,9,12-18,20,24-26,39,42-43,49,52,55-57H,8,10-11,19,21-23,48H2,(H,53,60)(H,54,59)/t39-,42-,43-/m0/s1. The number of nitrogens with zero attached hydrogens (tertiary/aromatic N) is 2. The zero-order valence-corrected chi connectivity index (χ0v) is 32.7. The van der Waals surface area contributed by atoms with Gasteiger partial charge in [0.05, 0.1) is 28.9 Å². The van der Waals surface area contributed by atoms with Crippen LogP contribution in [0, 0.1) is 0 Å². The molecule has 2 amide bonds. The Kier molecular flexibility index (Phi) is 11.4. The highest BCUT2D eigenvalue weighted by Crippen LogP contribution is 2.24. The fourth-order valence-corrected chi connectivity index (χ4v) is 7.65. The molecular formula is C47H45N7O6. The fraction of sp³-hybridized carbons (Fsp3) is 0.213. The minimum Gasteiger partial charge on any atom is -0.508 e. The van der Waals surface area contributed by atoms with E-state index in [1.807, 2.05) is 36.4 Å². The molecule has 3 aromatic heterocycles. The second-order valence-corrected chi connectivity index (χ2v) is 15.4. The van der Waals surface area contributed by atoms with E-state index in [0.717, 1.165) is 46.5 Å². The highest BCUT2D eigenvalue weighted by molar-refractivity contribution is 6.08. The third-order valence-electron chi connectivity index (χ3n) is 10.8. The van der Waals surface area contributed by atoms with Gasteiger partial charge in [-0.05, 0) is 128 Å². The highest BCUT2D eigenvalue weighted by Gasteiger charge is 2.32. The summed E-state index contributed by atoms with van der Waals surface area (Å²) in [5.74, 6) is -1.44. The maximum Gasteiger partial charge on any atom is 0.243 e. The summed E-state index contributed by atoms with van der Waals surface area (Å²) in [5, 5.41) is 35.5. The van der Waals surface area contributed by atoms with E-state index in [4.69, 9.17) is 15.7 Å². The Labute approximate surface area is 345 Å². The molecule has 2 aliphatic rings. The van der Waals surface area contributed by atoms with Gasteiger partial charge in [-0.1, -0.05) is 36.4 Å². The molecule has 5 heterocycles. The molecule has 0 radical (unpaired) electrons. The predicted octanol–water partition coefficient (Wildman–Crippen LogP) is 5.21. The van der Waals surface area contributed by atoms with Crippen LogP contribution in [0.15, 0.2) is 115 Å². The number of phenols is 3. The number of aryl methyl sites for hydroxylation is 4. The van der Waals surface area contributed by atoms with Gasteiger partial charge in [0.15, 0.2) is 5.78 Å². The Morgan fingerprint density at radius 1 is 0.550 bits per heavy atom. The first-order valence-corrected chi connectivity index (χ1v) is 19.9. The van der Waals surface area contributed by atoms with Gasteiger partial charge < -0.3 is 41.7 Å². The maximum atomic E-state index is 15.2. The second kappa shape index (κ2) is 17.3. The average molecular weight is 804 g/mol. The van der Waals surface area contributed by atoms with Crippen molar-refractivity contribution in [3.8, 4) is 17.2 Å². The smallest absolute Gasteiger partial charge is 0.243 e. The van der Waals surface area contributed by atoms with Crippen molar-refractivity contribution in [1.82, 2.24) is 30.6 Å². The van der Waals surface area contributed by atoms with Gasteiger partial charge in [0.25, 0.3) is 0 Å². The highest BCUT2D eigenvalue weighted by atomic mass is 16.3. The number of carbonyl (C=O) groups excluding carboxylic acids is 3.